The number of aryl methyl sites for hydroxylation is 1. The molecule has 1 fully saturated rings. The predicted molar refractivity (Wildman–Crippen MR) is 112 cm³/mol. The minimum atomic E-state index is -0.0862. The van der Waals surface area contributed by atoms with Crippen molar-refractivity contribution in [3.05, 3.63) is 65.2 Å². The summed E-state index contributed by atoms with van der Waals surface area (Å²) in [5, 5.41) is 3.35. The second-order valence-corrected chi connectivity index (χ2v) is 6.84. The molecule has 1 N–H and O–H groups in total. The van der Waals surface area contributed by atoms with E-state index in [2.05, 4.69) is 5.32 Å². The summed E-state index contributed by atoms with van der Waals surface area (Å²) in [6.45, 7) is 4.04. The molecule has 2 aromatic carbocycles. The molecule has 1 atom stereocenters. The van der Waals surface area contributed by atoms with E-state index >= 15 is 0 Å². The van der Waals surface area contributed by atoms with Crippen LogP contribution in [0.4, 0.5) is 0 Å². The number of hydrogen-bond donors (Lipinski definition) is 1. The van der Waals surface area contributed by atoms with E-state index in [0.717, 1.165) is 23.4 Å². The lowest BCUT2D eigenvalue weighted by Crippen LogP contribution is -2.48. The van der Waals surface area contributed by atoms with Gasteiger partial charge in [-0.15, -0.1) is 12.4 Å². The van der Waals surface area contributed by atoms with Crippen molar-refractivity contribution in [2.24, 2.45) is 0 Å². The van der Waals surface area contributed by atoms with E-state index in [1.807, 2.05) is 60.4 Å². The highest BCUT2D eigenvalue weighted by molar-refractivity contribution is 5.98. The number of carbonyl (C=O) groups excluding carboxylic acids is 2. The van der Waals surface area contributed by atoms with Crippen LogP contribution in [0.2, 0.25) is 0 Å². The standard InChI is InChI=1S/C22H26N2O3.ClH/c1-16-7-9-17(10-8-16)20(25)11-12-22(26)24-14-13-23-15-19(24)18-5-3-4-6-21(18)27-2;/h3-10,19,23H,11-15H2,1-2H3;1H. The number of nitrogens with one attached hydrogen (secondary N) is 1. The molecule has 6 heteroatoms. The first-order valence-electron chi connectivity index (χ1n) is 9.33. The van der Waals surface area contributed by atoms with Crippen molar-refractivity contribution < 1.29 is 14.3 Å². The number of para-hydroxylation sites is 1. The Balaban J connectivity index is 0.00000280. The van der Waals surface area contributed by atoms with E-state index in [-0.39, 0.29) is 43.0 Å². The second-order valence-electron chi connectivity index (χ2n) is 6.84. The Labute approximate surface area is 172 Å². The minimum absolute atomic E-state index is 0. The van der Waals surface area contributed by atoms with E-state index in [1.54, 1.807) is 7.11 Å². The SMILES string of the molecule is COc1ccccc1C1CNCCN1C(=O)CCC(=O)c1ccc(C)cc1.Cl. The number of hydrogen-bond acceptors (Lipinski definition) is 4. The van der Waals surface area contributed by atoms with Crippen LogP contribution in [-0.4, -0.2) is 43.3 Å². The molecule has 1 amide bonds. The Morgan fingerprint density at radius 3 is 2.54 bits per heavy atom. The number of nitrogens with zero attached hydrogens (tertiary/aromatic N) is 1. The minimum Gasteiger partial charge on any atom is -0.496 e. The first-order valence-corrected chi connectivity index (χ1v) is 9.33. The molecule has 150 valence electrons. The van der Waals surface area contributed by atoms with Crippen molar-refractivity contribution in [3.8, 4) is 5.75 Å². The Kier molecular flexibility index (Phi) is 8.03. The van der Waals surface area contributed by atoms with Crippen LogP contribution in [-0.2, 0) is 4.79 Å². The highest BCUT2D eigenvalue weighted by atomic mass is 35.5. The number of carbonyl (C=O) groups is 2. The van der Waals surface area contributed by atoms with Crippen LogP contribution < -0.4 is 10.1 Å². The number of ketones is 1. The van der Waals surface area contributed by atoms with Crippen molar-refractivity contribution in [2.75, 3.05) is 26.7 Å². The molecule has 0 spiro atoms. The number of Topliss-reactive ketones (excluding diaryl/α,β-unsaturated/α-hetero) is 1. The number of methoxy groups -OCH3 is 1. The quantitative estimate of drug-likeness (QED) is 0.750. The normalized spacial score (nSPS) is 16.2. The number of piperazine rings is 1. The molecule has 28 heavy (non-hydrogen) atoms. The van der Waals surface area contributed by atoms with E-state index < -0.39 is 0 Å². The number of halogens is 1. The molecule has 1 aliphatic rings. The van der Waals surface area contributed by atoms with Crippen molar-refractivity contribution in [1.29, 1.82) is 0 Å². The fourth-order valence-corrected chi connectivity index (χ4v) is 3.47. The topological polar surface area (TPSA) is 58.6 Å². The smallest absolute Gasteiger partial charge is 0.223 e. The first kappa shape index (κ1) is 21.9. The van der Waals surface area contributed by atoms with Crippen LogP contribution >= 0.6 is 12.4 Å². The van der Waals surface area contributed by atoms with Gasteiger partial charge in [-0.1, -0.05) is 48.0 Å². The number of benzene rings is 2. The number of rotatable bonds is 6. The summed E-state index contributed by atoms with van der Waals surface area (Å²) in [7, 11) is 1.64. The van der Waals surface area contributed by atoms with Crippen molar-refractivity contribution >= 4 is 24.1 Å². The van der Waals surface area contributed by atoms with Crippen LogP contribution in [0.5, 0.6) is 5.75 Å². The van der Waals surface area contributed by atoms with Gasteiger partial charge in [0.25, 0.3) is 0 Å². The lowest BCUT2D eigenvalue weighted by Gasteiger charge is -2.37. The van der Waals surface area contributed by atoms with E-state index in [1.165, 1.54) is 0 Å². The fraction of sp³-hybridized carbons (Fsp3) is 0.364. The molecule has 0 aliphatic carbocycles. The molecule has 1 heterocycles. The van der Waals surface area contributed by atoms with Gasteiger partial charge in [0.2, 0.25) is 5.91 Å². The van der Waals surface area contributed by atoms with Gasteiger partial charge in [0.1, 0.15) is 5.75 Å². The van der Waals surface area contributed by atoms with Crippen molar-refractivity contribution in [1.82, 2.24) is 10.2 Å². The molecule has 0 aromatic heterocycles. The third-order valence-electron chi connectivity index (χ3n) is 5.00. The molecule has 0 saturated carbocycles. The summed E-state index contributed by atoms with van der Waals surface area (Å²) < 4.78 is 5.47. The van der Waals surface area contributed by atoms with Crippen LogP contribution in [0.15, 0.2) is 48.5 Å². The third kappa shape index (κ3) is 5.12. The molecule has 1 saturated heterocycles. The van der Waals surface area contributed by atoms with Gasteiger partial charge in [-0.25, -0.2) is 0 Å². The van der Waals surface area contributed by atoms with Gasteiger partial charge in [-0.05, 0) is 13.0 Å². The van der Waals surface area contributed by atoms with Crippen LogP contribution in [0.3, 0.4) is 0 Å². The Morgan fingerprint density at radius 2 is 1.82 bits per heavy atom. The van der Waals surface area contributed by atoms with Gasteiger partial charge in [0, 0.05) is 43.6 Å². The summed E-state index contributed by atoms with van der Waals surface area (Å²) in [5.41, 5.74) is 2.77. The largest absolute Gasteiger partial charge is 0.496 e. The summed E-state index contributed by atoms with van der Waals surface area (Å²) in [6, 6.07) is 15.2. The summed E-state index contributed by atoms with van der Waals surface area (Å²) in [6.07, 6.45) is 0.447. The van der Waals surface area contributed by atoms with Gasteiger partial charge in [0.15, 0.2) is 5.78 Å². The summed E-state index contributed by atoms with van der Waals surface area (Å²) >= 11 is 0. The summed E-state index contributed by atoms with van der Waals surface area (Å²) in [5.74, 6) is 0.792. The third-order valence-corrected chi connectivity index (χ3v) is 5.00. The van der Waals surface area contributed by atoms with Crippen LogP contribution in [0.1, 0.15) is 40.4 Å². The van der Waals surface area contributed by atoms with E-state index in [0.29, 0.717) is 18.7 Å². The van der Waals surface area contributed by atoms with E-state index in [9.17, 15) is 9.59 Å². The Morgan fingerprint density at radius 1 is 1.11 bits per heavy atom. The Bertz CT molecular complexity index is 808. The maximum atomic E-state index is 12.9. The van der Waals surface area contributed by atoms with Crippen LogP contribution in [0, 0.1) is 6.92 Å². The number of ether oxygens (including phenoxy) is 1. The Hall–Kier alpha value is -2.37. The zero-order valence-corrected chi connectivity index (χ0v) is 17.1. The monoisotopic (exact) mass is 402 g/mol. The maximum absolute atomic E-state index is 12.9. The maximum Gasteiger partial charge on any atom is 0.223 e. The molecule has 5 nitrogen and oxygen atoms in total. The average Bonchev–Trinajstić information content (AvgIpc) is 2.72. The van der Waals surface area contributed by atoms with Gasteiger partial charge >= 0.3 is 0 Å². The van der Waals surface area contributed by atoms with Gasteiger partial charge < -0.3 is 15.0 Å². The predicted octanol–water partition coefficient (Wildman–Crippen LogP) is 3.56. The van der Waals surface area contributed by atoms with Gasteiger partial charge in [-0.2, -0.15) is 0 Å². The van der Waals surface area contributed by atoms with Gasteiger partial charge in [-0.3, -0.25) is 9.59 Å². The molecule has 0 bridgehead atoms. The lowest BCUT2D eigenvalue weighted by molar-refractivity contribution is -0.134. The van der Waals surface area contributed by atoms with Crippen molar-refractivity contribution in [2.45, 2.75) is 25.8 Å². The summed E-state index contributed by atoms with van der Waals surface area (Å²) in [4.78, 5) is 27.1. The molecule has 3 rings (SSSR count). The zero-order chi connectivity index (χ0) is 19.2. The molecule has 1 unspecified atom stereocenters. The van der Waals surface area contributed by atoms with Crippen LogP contribution in [0.25, 0.3) is 0 Å². The fourth-order valence-electron chi connectivity index (χ4n) is 3.47. The zero-order valence-electron chi connectivity index (χ0n) is 16.3. The molecule has 2 aromatic rings. The average molecular weight is 403 g/mol. The molecule has 1 aliphatic heterocycles. The van der Waals surface area contributed by atoms with Crippen molar-refractivity contribution in [3.63, 3.8) is 0 Å². The highest BCUT2D eigenvalue weighted by Crippen LogP contribution is 2.30. The lowest BCUT2D eigenvalue weighted by atomic mass is 10.0. The molecule has 0 radical (unpaired) electrons. The second kappa shape index (κ2) is 10.2. The molecular formula is C22H27ClN2O3. The van der Waals surface area contributed by atoms with Gasteiger partial charge in [0.05, 0.1) is 13.2 Å². The highest BCUT2D eigenvalue weighted by Gasteiger charge is 2.29. The molecular weight excluding hydrogens is 376 g/mol. The van der Waals surface area contributed by atoms with E-state index in [4.69, 9.17) is 4.74 Å². The number of amides is 1. The first-order chi connectivity index (χ1) is 13.1.